The molecule has 0 aromatic heterocycles. The second-order valence-corrected chi connectivity index (χ2v) is 5.80. The zero-order chi connectivity index (χ0) is 13.7. The standard InChI is InChI=1S/C14H22BrClN2/c1-4-10(3)18(5-2)14(9-17)12-8-11(16)6-7-13(12)15/h6-8,10,14H,4-5,9,17H2,1-3H3. The van der Waals surface area contributed by atoms with Gasteiger partial charge in [-0.2, -0.15) is 0 Å². The second kappa shape index (κ2) is 7.49. The lowest BCUT2D eigenvalue weighted by molar-refractivity contribution is 0.151. The van der Waals surface area contributed by atoms with Gasteiger partial charge in [0, 0.05) is 28.1 Å². The molecule has 2 atom stereocenters. The number of nitrogens with zero attached hydrogens (tertiary/aromatic N) is 1. The predicted octanol–water partition coefficient (Wildman–Crippen LogP) is 4.22. The SMILES string of the molecule is CCC(C)N(CC)C(CN)c1cc(Cl)ccc1Br. The predicted molar refractivity (Wildman–Crippen MR) is 83.1 cm³/mol. The number of nitrogens with two attached hydrogens (primary N) is 1. The summed E-state index contributed by atoms with van der Waals surface area (Å²) in [5.41, 5.74) is 7.16. The van der Waals surface area contributed by atoms with E-state index in [2.05, 4.69) is 41.6 Å². The summed E-state index contributed by atoms with van der Waals surface area (Å²) in [4.78, 5) is 2.43. The number of hydrogen-bond donors (Lipinski definition) is 1. The maximum absolute atomic E-state index is 6.10. The molecule has 102 valence electrons. The van der Waals surface area contributed by atoms with Gasteiger partial charge in [0.2, 0.25) is 0 Å². The molecule has 4 heteroatoms. The van der Waals surface area contributed by atoms with Gasteiger partial charge >= 0.3 is 0 Å². The molecule has 0 aliphatic heterocycles. The molecule has 0 heterocycles. The molecular weight excluding hydrogens is 312 g/mol. The van der Waals surface area contributed by atoms with Crippen LogP contribution in [0.15, 0.2) is 22.7 Å². The number of rotatable bonds is 6. The summed E-state index contributed by atoms with van der Waals surface area (Å²) in [6, 6.07) is 6.61. The Hall–Kier alpha value is -0.0900. The van der Waals surface area contributed by atoms with E-state index >= 15 is 0 Å². The van der Waals surface area contributed by atoms with Gasteiger partial charge < -0.3 is 5.73 Å². The van der Waals surface area contributed by atoms with Crippen molar-refractivity contribution in [1.82, 2.24) is 4.90 Å². The van der Waals surface area contributed by atoms with E-state index in [1.165, 1.54) is 5.56 Å². The van der Waals surface area contributed by atoms with E-state index in [4.69, 9.17) is 17.3 Å². The summed E-state index contributed by atoms with van der Waals surface area (Å²) in [6.45, 7) is 8.19. The first-order valence-corrected chi connectivity index (χ1v) is 7.62. The van der Waals surface area contributed by atoms with Crippen molar-refractivity contribution < 1.29 is 0 Å². The van der Waals surface area contributed by atoms with Crippen LogP contribution in [0.25, 0.3) is 0 Å². The van der Waals surface area contributed by atoms with Crippen molar-refractivity contribution in [2.24, 2.45) is 5.73 Å². The van der Waals surface area contributed by atoms with Gasteiger partial charge in [-0.3, -0.25) is 4.90 Å². The molecule has 0 aliphatic carbocycles. The molecule has 0 amide bonds. The van der Waals surface area contributed by atoms with Gasteiger partial charge in [-0.25, -0.2) is 0 Å². The Morgan fingerprint density at radius 3 is 2.56 bits per heavy atom. The third-order valence-corrected chi connectivity index (χ3v) is 4.42. The van der Waals surface area contributed by atoms with Gasteiger partial charge in [-0.15, -0.1) is 0 Å². The van der Waals surface area contributed by atoms with E-state index in [0.717, 1.165) is 22.5 Å². The minimum absolute atomic E-state index is 0.207. The molecule has 0 saturated heterocycles. The number of hydrogen-bond acceptors (Lipinski definition) is 2. The van der Waals surface area contributed by atoms with Crippen LogP contribution >= 0.6 is 27.5 Å². The van der Waals surface area contributed by atoms with E-state index < -0.39 is 0 Å². The molecule has 0 bridgehead atoms. The van der Waals surface area contributed by atoms with Crippen LogP contribution in [-0.4, -0.2) is 24.0 Å². The number of benzene rings is 1. The smallest absolute Gasteiger partial charge is 0.0484 e. The molecule has 2 nitrogen and oxygen atoms in total. The highest BCUT2D eigenvalue weighted by Crippen LogP contribution is 2.31. The Balaban J connectivity index is 3.10. The normalized spacial score (nSPS) is 14.8. The fourth-order valence-corrected chi connectivity index (χ4v) is 2.98. The molecule has 1 rings (SSSR count). The van der Waals surface area contributed by atoms with Gasteiger partial charge in [-0.05, 0) is 43.7 Å². The first-order chi connectivity index (χ1) is 8.54. The Labute approximate surface area is 124 Å². The van der Waals surface area contributed by atoms with Gasteiger partial charge in [0.1, 0.15) is 0 Å². The fourth-order valence-electron chi connectivity index (χ4n) is 2.28. The maximum Gasteiger partial charge on any atom is 0.0484 e. The zero-order valence-corrected chi connectivity index (χ0v) is 13.6. The van der Waals surface area contributed by atoms with Crippen LogP contribution in [0, 0.1) is 0 Å². The van der Waals surface area contributed by atoms with Gasteiger partial charge in [0.05, 0.1) is 0 Å². The lowest BCUT2D eigenvalue weighted by Gasteiger charge is -2.35. The van der Waals surface area contributed by atoms with Crippen LogP contribution in [0.3, 0.4) is 0 Å². The first-order valence-electron chi connectivity index (χ1n) is 6.45. The quantitative estimate of drug-likeness (QED) is 0.844. The van der Waals surface area contributed by atoms with Crippen molar-refractivity contribution in [3.05, 3.63) is 33.3 Å². The highest BCUT2D eigenvalue weighted by Gasteiger charge is 2.23. The second-order valence-electron chi connectivity index (χ2n) is 4.51. The van der Waals surface area contributed by atoms with Crippen molar-refractivity contribution in [3.63, 3.8) is 0 Å². The molecule has 18 heavy (non-hydrogen) atoms. The van der Waals surface area contributed by atoms with Crippen molar-refractivity contribution >= 4 is 27.5 Å². The van der Waals surface area contributed by atoms with E-state index in [0.29, 0.717) is 12.6 Å². The molecule has 2 N–H and O–H groups in total. The summed E-state index contributed by atoms with van der Waals surface area (Å²) >= 11 is 9.70. The van der Waals surface area contributed by atoms with Gasteiger partial charge in [-0.1, -0.05) is 41.4 Å². The molecule has 1 aromatic rings. The van der Waals surface area contributed by atoms with Gasteiger partial charge in [0.15, 0.2) is 0 Å². The van der Waals surface area contributed by atoms with Crippen molar-refractivity contribution in [2.45, 2.75) is 39.3 Å². The molecule has 0 radical (unpaired) electrons. The van der Waals surface area contributed by atoms with E-state index in [9.17, 15) is 0 Å². The van der Waals surface area contributed by atoms with Gasteiger partial charge in [0.25, 0.3) is 0 Å². The summed E-state index contributed by atoms with van der Waals surface area (Å²) in [5.74, 6) is 0. The third kappa shape index (κ3) is 3.70. The minimum atomic E-state index is 0.207. The Morgan fingerprint density at radius 1 is 1.39 bits per heavy atom. The monoisotopic (exact) mass is 332 g/mol. The van der Waals surface area contributed by atoms with Crippen LogP contribution < -0.4 is 5.73 Å². The van der Waals surface area contributed by atoms with E-state index in [1.54, 1.807) is 0 Å². The fraction of sp³-hybridized carbons (Fsp3) is 0.571. The molecule has 2 unspecified atom stereocenters. The summed E-state index contributed by atoms with van der Waals surface area (Å²) in [6.07, 6.45) is 1.11. The highest BCUT2D eigenvalue weighted by atomic mass is 79.9. The van der Waals surface area contributed by atoms with Crippen LogP contribution in [0.4, 0.5) is 0 Å². The lowest BCUT2D eigenvalue weighted by atomic mass is 10.0. The topological polar surface area (TPSA) is 29.3 Å². The third-order valence-electron chi connectivity index (χ3n) is 3.46. The molecule has 0 saturated carbocycles. The molecule has 0 fully saturated rings. The minimum Gasteiger partial charge on any atom is -0.329 e. The van der Waals surface area contributed by atoms with Crippen LogP contribution in [-0.2, 0) is 0 Å². The first kappa shape index (κ1) is 16.0. The van der Waals surface area contributed by atoms with Crippen LogP contribution in [0.1, 0.15) is 38.8 Å². The highest BCUT2D eigenvalue weighted by molar-refractivity contribution is 9.10. The summed E-state index contributed by atoms with van der Waals surface area (Å²) in [7, 11) is 0. The molecular formula is C14H22BrClN2. The maximum atomic E-state index is 6.10. The summed E-state index contributed by atoms with van der Waals surface area (Å²) in [5, 5.41) is 0.756. The van der Waals surface area contributed by atoms with Crippen LogP contribution in [0.2, 0.25) is 5.02 Å². The van der Waals surface area contributed by atoms with E-state index in [-0.39, 0.29) is 6.04 Å². The molecule has 0 aliphatic rings. The van der Waals surface area contributed by atoms with Crippen molar-refractivity contribution in [1.29, 1.82) is 0 Å². The Kier molecular flexibility index (Phi) is 6.64. The average molecular weight is 334 g/mol. The van der Waals surface area contributed by atoms with E-state index in [1.807, 2.05) is 18.2 Å². The van der Waals surface area contributed by atoms with Crippen molar-refractivity contribution in [2.75, 3.05) is 13.1 Å². The number of likely N-dealkylation sites (N-methyl/N-ethyl adjacent to an activating group) is 1. The molecule has 1 aromatic carbocycles. The lowest BCUT2D eigenvalue weighted by Crippen LogP contribution is -2.39. The van der Waals surface area contributed by atoms with Crippen LogP contribution in [0.5, 0.6) is 0 Å². The average Bonchev–Trinajstić information content (AvgIpc) is 2.38. The molecule has 0 spiro atoms. The summed E-state index contributed by atoms with van der Waals surface area (Å²) < 4.78 is 1.07. The number of halogens is 2. The Morgan fingerprint density at radius 2 is 2.06 bits per heavy atom. The largest absolute Gasteiger partial charge is 0.329 e. The Bertz CT molecular complexity index is 384. The zero-order valence-electron chi connectivity index (χ0n) is 11.3. The van der Waals surface area contributed by atoms with Crippen molar-refractivity contribution in [3.8, 4) is 0 Å².